The topological polar surface area (TPSA) is 113 Å². The third-order valence-corrected chi connectivity index (χ3v) is 9.77. The van der Waals surface area contributed by atoms with Gasteiger partial charge in [0.1, 0.15) is 6.33 Å². The molecule has 2 bridgehead atoms. The summed E-state index contributed by atoms with van der Waals surface area (Å²) < 4.78 is 1.74. The first-order chi connectivity index (χ1) is 19.6. The number of nitrogens with one attached hydrogen (secondary N) is 1. The summed E-state index contributed by atoms with van der Waals surface area (Å²) in [6, 6.07) is 0.239. The zero-order valence-electron chi connectivity index (χ0n) is 25.4. The Morgan fingerprint density at radius 2 is 1.93 bits per heavy atom. The molecule has 0 unspecified atom stereocenters. The SMILES string of the molecule is Cc1nc2ncnn2c(C)c1CCC(=O)N1C[C@@H]2C[C@@H](C1)[C@@H]1CCCC(=O)N[C@H](C(C)C)CC[C@@H](C)CC(=O)N1C2. The molecule has 0 spiro atoms. The van der Waals surface area contributed by atoms with Crippen LogP contribution in [0.4, 0.5) is 0 Å². The molecule has 10 heteroatoms. The number of likely N-dealkylation sites (tertiary alicyclic amines) is 1. The van der Waals surface area contributed by atoms with Gasteiger partial charge in [0, 0.05) is 62.4 Å². The number of piperidine rings is 2. The second-order valence-corrected chi connectivity index (χ2v) is 13.2. The molecule has 3 aliphatic rings. The van der Waals surface area contributed by atoms with E-state index < -0.39 is 0 Å². The van der Waals surface area contributed by atoms with Gasteiger partial charge in [0.15, 0.2) is 0 Å². The smallest absolute Gasteiger partial charge is 0.252 e. The van der Waals surface area contributed by atoms with E-state index in [-0.39, 0.29) is 41.6 Å². The van der Waals surface area contributed by atoms with Gasteiger partial charge in [-0.3, -0.25) is 14.4 Å². The summed E-state index contributed by atoms with van der Waals surface area (Å²) in [7, 11) is 0. The number of aryl methyl sites for hydroxylation is 2. The summed E-state index contributed by atoms with van der Waals surface area (Å²) in [4.78, 5) is 52.9. The van der Waals surface area contributed by atoms with Crippen LogP contribution in [0.3, 0.4) is 0 Å². The van der Waals surface area contributed by atoms with Crippen molar-refractivity contribution >= 4 is 23.5 Å². The minimum Gasteiger partial charge on any atom is -0.353 e. The van der Waals surface area contributed by atoms with E-state index in [4.69, 9.17) is 0 Å². The number of fused-ring (bicyclic) bond motifs is 5. The van der Waals surface area contributed by atoms with E-state index in [0.717, 1.165) is 49.1 Å². The Morgan fingerprint density at radius 1 is 1.12 bits per heavy atom. The van der Waals surface area contributed by atoms with Gasteiger partial charge in [-0.15, -0.1) is 0 Å². The van der Waals surface area contributed by atoms with Crippen molar-refractivity contribution in [3.05, 3.63) is 23.3 Å². The summed E-state index contributed by atoms with van der Waals surface area (Å²) in [5.41, 5.74) is 2.92. The minimum absolute atomic E-state index is 0.0828. The fraction of sp³-hybridized carbons (Fsp3) is 0.742. The molecule has 224 valence electrons. The van der Waals surface area contributed by atoms with E-state index in [1.54, 1.807) is 4.52 Å². The largest absolute Gasteiger partial charge is 0.353 e. The van der Waals surface area contributed by atoms with Crippen molar-refractivity contribution in [1.82, 2.24) is 34.7 Å². The molecule has 3 saturated heterocycles. The van der Waals surface area contributed by atoms with Crippen molar-refractivity contribution in [1.29, 1.82) is 0 Å². The molecule has 0 saturated carbocycles. The maximum Gasteiger partial charge on any atom is 0.252 e. The number of carbonyl (C=O) groups is 3. The lowest BCUT2D eigenvalue weighted by Crippen LogP contribution is -2.60. The molecule has 2 aromatic heterocycles. The minimum atomic E-state index is 0.0828. The Kier molecular flexibility index (Phi) is 8.94. The molecule has 10 nitrogen and oxygen atoms in total. The highest BCUT2D eigenvalue weighted by atomic mass is 16.2. The summed E-state index contributed by atoms with van der Waals surface area (Å²) in [5, 5.41) is 7.54. The monoisotopic (exact) mass is 565 g/mol. The Balaban J connectivity index is 1.26. The number of aromatic nitrogens is 4. The summed E-state index contributed by atoms with van der Waals surface area (Å²) in [6.07, 6.45) is 8.03. The highest BCUT2D eigenvalue weighted by Gasteiger charge is 2.43. The lowest BCUT2D eigenvalue weighted by molar-refractivity contribution is -0.146. The first-order valence-electron chi connectivity index (χ1n) is 15.6. The number of nitrogens with zero attached hydrogens (tertiary/aromatic N) is 6. The maximum absolute atomic E-state index is 13.6. The first-order valence-corrected chi connectivity index (χ1v) is 15.6. The zero-order valence-corrected chi connectivity index (χ0v) is 25.4. The van der Waals surface area contributed by atoms with Gasteiger partial charge in [-0.25, -0.2) is 9.50 Å². The molecule has 3 aliphatic heterocycles. The average molecular weight is 566 g/mol. The van der Waals surface area contributed by atoms with Crippen molar-refractivity contribution in [2.45, 2.75) is 104 Å². The lowest BCUT2D eigenvalue weighted by atomic mass is 9.77. The lowest BCUT2D eigenvalue weighted by Gasteiger charge is -2.51. The van der Waals surface area contributed by atoms with E-state index >= 15 is 0 Å². The number of rotatable bonds is 4. The quantitative estimate of drug-likeness (QED) is 0.608. The number of amides is 3. The molecular formula is C31H47N7O3. The number of carbonyl (C=O) groups excluding carboxylic acids is 3. The van der Waals surface area contributed by atoms with Crippen LogP contribution in [0.15, 0.2) is 6.33 Å². The average Bonchev–Trinajstić information content (AvgIpc) is 3.39. The van der Waals surface area contributed by atoms with Crippen molar-refractivity contribution in [2.24, 2.45) is 23.7 Å². The molecule has 5 rings (SSSR count). The molecule has 0 aliphatic carbocycles. The van der Waals surface area contributed by atoms with Crippen molar-refractivity contribution < 1.29 is 14.4 Å². The Morgan fingerprint density at radius 3 is 2.71 bits per heavy atom. The third-order valence-electron chi connectivity index (χ3n) is 9.77. The fourth-order valence-electron chi connectivity index (χ4n) is 7.42. The van der Waals surface area contributed by atoms with E-state index in [9.17, 15) is 14.4 Å². The van der Waals surface area contributed by atoms with Crippen LogP contribution in [0, 0.1) is 37.5 Å². The molecular weight excluding hydrogens is 518 g/mol. The first kappa shape index (κ1) is 29.5. The van der Waals surface area contributed by atoms with Gasteiger partial charge in [-0.2, -0.15) is 10.1 Å². The van der Waals surface area contributed by atoms with Crippen LogP contribution >= 0.6 is 0 Å². The standard InChI is InChI=1S/C31H47N7O3/c1-19(2)26-11-9-20(3)13-30(41)37-16-23-14-24(27(37)7-6-8-28(39)35-26)17-36(15-23)29(40)12-10-25-21(4)34-31-32-18-33-38(31)22(25)5/h18-20,23-24,26-27H,6-17H2,1-5H3,(H,35,39)/t20-,23+,24+,26+,27+/m1/s1. The Hall–Kier alpha value is -3.04. The Labute approximate surface area is 243 Å². The van der Waals surface area contributed by atoms with Gasteiger partial charge in [0.25, 0.3) is 5.78 Å². The molecule has 3 fully saturated rings. The van der Waals surface area contributed by atoms with E-state index in [2.05, 4.69) is 46.1 Å². The Bertz CT molecular complexity index is 1270. The van der Waals surface area contributed by atoms with Gasteiger partial charge in [0.05, 0.1) is 0 Å². The molecule has 0 radical (unpaired) electrons. The fourth-order valence-corrected chi connectivity index (χ4v) is 7.42. The van der Waals surface area contributed by atoms with Crippen molar-refractivity contribution in [3.63, 3.8) is 0 Å². The molecule has 2 aromatic rings. The molecule has 41 heavy (non-hydrogen) atoms. The van der Waals surface area contributed by atoms with Gasteiger partial charge in [-0.05, 0) is 81.6 Å². The highest BCUT2D eigenvalue weighted by molar-refractivity contribution is 5.78. The summed E-state index contributed by atoms with van der Waals surface area (Å²) in [6.45, 7) is 12.5. The van der Waals surface area contributed by atoms with Crippen LogP contribution < -0.4 is 5.32 Å². The zero-order chi connectivity index (χ0) is 29.3. The van der Waals surface area contributed by atoms with Crippen LogP contribution in [0.2, 0.25) is 0 Å². The predicted octanol–water partition coefficient (Wildman–Crippen LogP) is 3.48. The van der Waals surface area contributed by atoms with Crippen LogP contribution in [-0.4, -0.2) is 78.8 Å². The van der Waals surface area contributed by atoms with Crippen molar-refractivity contribution in [2.75, 3.05) is 19.6 Å². The van der Waals surface area contributed by atoms with Crippen LogP contribution in [0.1, 0.15) is 89.1 Å². The van der Waals surface area contributed by atoms with Gasteiger partial charge in [-0.1, -0.05) is 20.8 Å². The molecule has 3 amide bonds. The maximum atomic E-state index is 13.6. The van der Waals surface area contributed by atoms with Crippen molar-refractivity contribution in [3.8, 4) is 0 Å². The summed E-state index contributed by atoms with van der Waals surface area (Å²) in [5.74, 6) is 2.31. The van der Waals surface area contributed by atoms with Gasteiger partial charge < -0.3 is 15.1 Å². The van der Waals surface area contributed by atoms with Gasteiger partial charge in [0.2, 0.25) is 17.7 Å². The highest BCUT2D eigenvalue weighted by Crippen LogP contribution is 2.37. The molecule has 5 atom stereocenters. The number of hydrogen-bond acceptors (Lipinski definition) is 6. The molecule has 1 N–H and O–H groups in total. The molecule has 0 aromatic carbocycles. The summed E-state index contributed by atoms with van der Waals surface area (Å²) >= 11 is 0. The third kappa shape index (κ3) is 6.56. The van der Waals surface area contributed by atoms with E-state index in [1.807, 2.05) is 18.7 Å². The van der Waals surface area contributed by atoms with Crippen LogP contribution in [-0.2, 0) is 20.8 Å². The van der Waals surface area contributed by atoms with E-state index in [0.29, 0.717) is 62.9 Å². The van der Waals surface area contributed by atoms with Gasteiger partial charge >= 0.3 is 0 Å². The second-order valence-electron chi connectivity index (χ2n) is 13.2. The van der Waals surface area contributed by atoms with Crippen LogP contribution in [0.5, 0.6) is 0 Å². The predicted molar refractivity (Wildman–Crippen MR) is 156 cm³/mol. The molecule has 5 heterocycles. The second kappa shape index (κ2) is 12.4. The number of hydrogen-bond donors (Lipinski definition) is 1. The van der Waals surface area contributed by atoms with E-state index in [1.165, 1.54) is 6.33 Å². The normalized spacial score (nSPS) is 28.1. The van der Waals surface area contributed by atoms with Crippen LogP contribution in [0.25, 0.3) is 5.78 Å².